The summed E-state index contributed by atoms with van der Waals surface area (Å²) >= 11 is 1.36. The van der Waals surface area contributed by atoms with Gasteiger partial charge in [-0.3, -0.25) is 14.6 Å². The Hall–Kier alpha value is -3.78. The molecule has 32 heavy (non-hydrogen) atoms. The maximum absolute atomic E-state index is 12.7. The van der Waals surface area contributed by atoms with E-state index in [1.807, 2.05) is 41.8 Å². The molecule has 7 nitrogen and oxygen atoms in total. The van der Waals surface area contributed by atoms with Crippen LogP contribution < -0.4 is 5.32 Å². The van der Waals surface area contributed by atoms with Crippen molar-refractivity contribution in [2.24, 2.45) is 0 Å². The molecule has 0 atom stereocenters. The summed E-state index contributed by atoms with van der Waals surface area (Å²) in [5.74, 6) is 0.782. The quantitative estimate of drug-likeness (QED) is 0.317. The van der Waals surface area contributed by atoms with Gasteiger partial charge in [-0.25, -0.2) is 0 Å². The number of carbonyl (C=O) groups excluding carboxylic acids is 2. The number of nitrogens with zero attached hydrogens (tertiary/aromatic N) is 4. The summed E-state index contributed by atoms with van der Waals surface area (Å²) in [6.45, 7) is 2.71. The molecule has 0 radical (unpaired) electrons. The highest BCUT2D eigenvalue weighted by atomic mass is 32.2. The minimum atomic E-state index is -0.191. The first-order chi connectivity index (χ1) is 15.7. The van der Waals surface area contributed by atoms with Crippen molar-refractivity contribution in [3.05, 3.63) is 90.3 Å². The zero-order valence-corrected chi connectivity index (χ0v) is 18.2. The fourth-order valence-corrected chi connectivity index (χ4v) is 4.04. The molecule has 0 saturated carbocycles. The highest BCUT2D eigenvalue weighted by molar-refractivity contribution is 7.99. The van der Waals surface area contributed by atoms with Crippen LogP contribution in [0.4, 0.5) is 5.69 Å². The number of amides is 1. The summed E-state index contributed by atoms with van der Waals surface area (Å²) in [6.07, 6.45) is 3.43. The largest absolute Gasteiger partial charge is 0.322 e. The third kappa shape index (κ3) is 4.92. The molecular weight excluding hydrogens is 422 g/mol. The van der Waals surface area contributed by atoms with Crippen LogP contribution in [-0.2, 0) is 6.54 Å². The van der Waals surface area contributed by atoms with Gasteiger partial charge in [0.2, 0.25) is 0 Å². The van der Waals surface area contributed by atoms with E-state index >= 15 is 0 Å². The Kier molecular flexibility index (Phi) is 6.72. The second-order valence-corrected chi connectivity index (χ2v) is 7.84. The lowest BCUT2D eigenvalue weighted by Gasteiger charge is -2.08. The molecule has 4 rings (SSSR count). The molecule has 1 N–H and O–H groups in total. The lowest BCUT2D eigenvalue weighted by Crippen LogP contribution is -2.12. The van der Waals surface area contributed by atoms with Gasteiger partial charge in [-0.1, -0.05) is 30.0 Å². The third-order valence-electron chi connectivity index (χ3n) is 4.80. The van der Waals surface area contributed by atoms with E-state index in [1.165, 1.54) is 11.8 Å². The Morgan fingerprint density at radius 3 is 2.31 bits per heavy atom. The fourth-order valence-electron chi connectivity index (χ4n) is 3.14. The first-order valence-electron chi connectivity index (χ1n) is 10.1. The van der Waals surface area contributed by atoms with Crippen LogP contribution in [0.15, 0.2) is 84.3 Å². The average Bonchev–Trinajstić information content (AvgIpc) is 3.27. The Bertz CT molecular complexity index is 1210. The molecule has 0 fully saturated rings. The van der Waals surface area contributed by atoms with Crippen LogP contribution in [0, 0.1) is 0 Å². The highest BCUT2D eigenvalue weighted by Gasteiger charge is 2.15. The number of Topliss-reactive ketones (excluding diaryl/α,β-unsaturated/α-hetero) is 1. The number of aromatic nitrogens is 4. The number of thioether (sulfide) groups is 1. The SMILES string of the molecule is CCn1c(SCC(=O)c2ccc(NC(=O)c3ccccc3)cc2)nnc1-c1ccncc1. The normalized spacial score (nSPS) is 10.7. The van der Waals surface area contributed by atoms with Gasteiger partial charge < -0.3 is 9.88 Å². The summed E-state index contributed by atoms with van der Waals surface area (Å²) < 4.78 is 1.98. The van der Waals surface area contributed by atoms with Crippen molar-refractivity contribution in [2.45, 2.75) is 18.6 Å². The summed E-state index contributed by atoms with van der Waals surface area (Å²) in [4.78, 5) is 29.0. The number of nitrogens with one attached hydrogen (secondary N) is 1. The van der Waals surface area contributed by atoms with Crippen LogP contribution in [0.1, 0.15) is 27.6 Å². The van der Waals surface area contributed by atoms with Gasteiger partial charge in [-0.15, -0.1) is 10.2 Å². The monoisotopic (exact) mass is 443 g/mol. The lowest BCUT2D eigenvalue weighted by molar-refractivity contribution is 0.101. The maximum atomic E-state index is 12.7. The molecule has 2 heterocycles. The average molecular weight is 444 g/mol. The van der Waals surface area contributed by atoms with Gasteiger partial charge in [-0.2, -0.15) is 0 Å². The topological polar surface area (TPSA) is 89.8 Å². The Morgan fingerprint density at radius 2 is 1.62 bits per heavy atom. The Morgan fingerprint density at radius 1 is 0.906 bits per heavy atom. The molecule has 0 bridgehead atoms. The smallest absolute Gasteiger partial charge is 0.255 e. The Balaban J connectivity index is 1.38. The van der Waals surface area contributed by atoms with E-state index < -0.39 is 0 Å². The van der Waals surface area contributed by atoms with Gasteiger partial charge in [0.15, 0.2) is 16.8 Å². The molecule has 2 aromatic heterocycles. The number of ketones is 1. The van der Waals surface area contributed by atoms with E-state index in [2.05, 4.69) is 20.5 Å². The van der Waals surface area contributed by atoms with E-state index in [9.17, 15) is 9.59 Å². The Labute approximate surface area is 189 Å². The van der Waals surface area contributed by atoms with Gasteiger partial charge in [-0.05, 0) is 55.5 Å². The van der Waals surface area contributed by atoms with Crippen LogP contribution in [0.3, 0.4) is 0 Å². The van der Waals surface area contributed by atoms with Crippen LogP contribution >= 0.6 is 11.8 Å². The number of anilines is 1. The van der Waals surface area contributed by atoms with E-state index in [-0.39, 0.29) is 17.4 Å². The summed E-state index contributed by atoms with van der Waals surface area (Å²) in [7, 11) is 0. The molecule has 1 amide bonds. The van der Waals surface area contributed by atoms with Gasteiger partial charge in [0.05, 0.1) is 5.75 Å². The van der Waals surface area contributed by atoms with Gasteiger partial charge >= 0.3 is 0 Å². The zero-order chi connectivity index (χ0) is 22.3. The molecule has 0 unspecified atom stereocenters. The fraction of sp³-hybridized carbons (Fsp3) is 0.125. The maximum Gasteiger partial charge on any atom is 0.255 e. The molecule has 0 aliphatic heterocycles. The van der Waals surface area contributed by atoms with Gasteiger partial charge in [0.1, 0.15) is 0 Å². The molecule has 8 heteroatoms. The predicted molar refractivity (Wildman–Crippen MR) is 125 cm³/mol. The van der Waals surface area contributed by atoms with E-state index in [0.717, 1.165) is 11.4 Å². The molecule has 4 aromatic rings. The van der Waals surface area contributed by atoms with Crippen LogP contribution in [0.2, 0.25) is 0 Å². The van der Waals surface area contributed by atoms with Crippen molar-refractivity contribution in [3.63, 3.8) is 0 Å². The van der Waals surface area contributed by atoms with E-state index in [4.69, 9.17) is 0 Å². The van der Waals surface area contributed by atoms with Crippen molar-refractivity contribution >= 4 is 29.1 Å². The van der Waals surface area contributed by atoms with Gasteiger partial charge in [0.25, 0.3) is 5.91 Å². The first kappa shape index (κ1) is 21.5. The van der Waals surface area contributed by atoms with E-state index in [1.54, 1.807) is 48.8 Å². The number of rotatable bonds is 8. The minimum absolute atomic E-state index is 0.0212. The van der Waals surface area contributed by atoms with Crippen molar-refractivity contribution in [3.8, 4) is 11.4 Å². The number of hydrogen-bond donors (Lipinski definition) is 1. The van der Waals surface area contributed by atoms with Crippen molar-refractivity contribution in [1.29, 1.82) is 0 Å². The number of hydrogen-bond acceptors (Lipinski definition) is 6. The van der Waals surface area contributed by atoms with Crippen LogP contribution in [0.25, 0.3) is 11.4 Å². The van der Waals surface area contributed by atoms with Crippen LogP contribution in [0.5, 0.6) is 0 Å². The number of carbonyl (C=O) groups is 2. The molecular formula is C24H21N5O2S. The lowest BCUT2D eigenvalue weighted by atomic mass is 10.1. The predicted octanol–water partition coefficient (Wildman–Crippen LogP) is 4.59. The van der Waals surface area contributed by atoms with Crippen molar-refractivity contribution in [1.82, 2.24) is 19.7 Å². The molecule has 2 aromatic carbocycles. The molecule has 0 aliphatic rings. The third-order valence-corrected chi connectivity index (χ3v) is 5.77. The standard InChI is InChI=1S/C24H21N5O2S/c1-2-29-22(18-12-14-25-15-13-18)27-28-24(29)32-16-21(30)17-8-10-20(11-9-17)26-23(31)19-6-4-3-5-7-19/h3-15H,2,16H2,1H3,(H,26,31). The second kappa shape index (κ2) is 10.0. The summed E-state index contributed by atoms with van der Waals surface area (Å²) in [6, 6.07) is 19.6. The molecule has 0 aliphatic carbocycles. The summed E-state index contributed by atoms with van der Waals surface area (Å²) in [5.41, 5.74) is 2.72. The number of benzene rings is 2. The van der Waals surface area contributed by atoms with E-state index in [0.29, 0.717) is 28.5 Å². The van der Waals surface area contributed by atoms with Crippen molar-refractivity contribution < 1.29 is 9.59 Å². The number of pyridine rings is 1. The van der Waals surface area contributed by atoms with Gasteiger partial charge in [0, 0.05) is 41.3 Å². The van der Waals surface area contributed by atoms with Crippen LogP contribution in [-0.4, -0.2) is 37.2 Å². The second-order valence-electron chi connectivity index (χ2n) is 6.90. The zero-order valence-electron chi connectivity index (χ0n) is 17.4. The summed E-state index contributed by atoms with van der Waals surface area (Å²) in [5, 5.41) is 12.1. The van der Waals surface area contributed by atoms with Crippen molar-refractivity contribution in [2.75, 3.05) is 11.1 Å². The minimum Gasteiger partial charge on any atom is -0.322 e. The molecule has 160 valence electrons. The highest BCUT2D eigenvalue weighted by Crippen LogP contribution is 2.24. The molecule has 0 spiro atoms. The molecule has 0 saturated heterocycles. The first-order valence-corrected chi connectivity index (χ1v) is 11.1.